The quantitative estimate of drug-likeness (QED) is 0.349. The molecule has 0 aliphatic heterocycles. The first kappa shape index (κ1) is 22.2. The summed E-state index contributed by atoms with van der Waals surface area (Å²) in [5, 5.41) is 0. The van der Waals surface area contributed by atoms with Gasteiger partial charge in [-0.05, 0) is 39.8 Å². The van der Waals surface area contributed by atoms with Crippen LogP contribution in [0.15, 0.2) is 16.6 Å². The normalized spacial score (nSPS) is 13.6. The molecule has 0 bridgehead atoms. The first-order valence-corrected chi connectivity index (χ1v) is 9.11. The zero-order valence-corrected chi connectivity index (χ0v) is 16.7. The maximum Gasteiger partial charge on any atom is 0.419 e. The Morgan fingerprint density at radius 3 is 2.40 bits per heavy atom. The van der Waals surface area contributed by atoms with Crippen LogP contribution in [-0.2, 0) is 15.7 Å². The molecule has 0 saturated carbocycles. The highest BCUT2D eigenvalue weighted by Gasteiger charge is 2.37. The minimum Gasteiger partial charge on any atom is -0.466 e. The summed E-state index contributed by atoms with van der Waals surface area (Å²) in [6.07, 6.45) is -5.13. The molecule has 0 spiro atoms. The standard InChI is InChI=1S/C16H20BrF4NO2S/c1-5-24-13(23)8-12(22-25-15(2,3)4)10-6-9(17)7-11(14(10)18)16(19,20)21/h6-7,12,22H,5,8H2,1-4H3. The summed E-state index contributed by atoms with van der Waals surface area (Å²) in [5.41, 5.74) is -1.63. The van der Waals surface area contributed by atoms with Crippen LogP contribution in [-0.4, -0.2) is 17.3 Å². The molecule has 3 nitrogen and oxygen atoms in total. The number of carbonyl (C=O) groups is 1. The van der Waals surface area contributed by atoms with Crippen molar-refractivity contribution in [1.29, 1.82) is 0 Å². The van der Waals surface area contributed by atoms with Crippen molar-refractivity contribution in [2.24, 2.45) is 0 Å². The van der Waals surface area contributed by atoms with Gasteiger partial charge in [-0.15, -0.1) is 0 Å². The highest BCUT2D eigenvalue weighted by molar-refractivity contribution is 9.10. The molecule has 0 radical (unpaired) electrons. The number of carbonyl (C=O) groups excluding carboxylic acids is 1. The molecule has 142 valence electrons. The molecule has 0 fully saturated rings. The lowest BCUT2D eigenvalue weighted by Gasteiger charge is -2.25. The highest BCUT2D eigenvalue weighted by atomic mass is 79.9. The molecule has 1 unspecified atom stereocenters. The number of benzene rings is 1. The lowest BCUT2D eigenvalue weighted by Crippen LogP contribution is -2.26. The second kappa shape index (κ2) is 8.73. The van der Waals surface area contributed by atoms with Crippen molar-refractivity contribution in [2.75, 3.05) is 6.61 Å². The number of esters is 1. The van der Waals surface area contributed by atoms with Gasteiger partial charge >= 0.3 is 12.1 Å². The fourth-order valence-electron chi connectivity index (χ4n) is 1.92. The maximum atomic E-state index is 14.5. The predicted octanol–water partition coefficient (Wildman–Crippen LogP) is 5.64. The minimum absolute atomic E-state index is 0.0765. The van der Waals surface area contributed by atoms with E-state index < -0.39 is 29.6 Å². The topological polar surface area (TPSA) is 38.3 Å². The van der Waals surface area contributed by atoms with Crippen LogP contribution in [0.5, 0.6) is 0 Å². The molecule has 1 aromatic rings. The lowest BCUT2D eigenvalue weighted by molar-refractivity contribution is -0.143. The van der Waals surface area contributed by atoms with Gasteiger partial charge in [0.15, 0.2) is 0 Å². The van der Waals surface area contributed by atoms with Gasteiger partial charge in [0.2, 0.25) is 0 Å². The van der Waals surface area contributed by atoms with E-state index in [9.17, 15) is 22.4 Å². The number of ether oxygens (including phenoxy) is 1. The second-order valence-corrected chi connectivity index (χ2v) is 8.83. The molecule has 9 heteroatoms. The molecule has 0 aliphatic carbocycles. The molecule has 0 saturated heterocycles. The van der Waals surface area contributed by atoms with E-state index in [1.807, 2.05) is 20.8 Å². The first-order chi connectivity index (χ1) is 11.3. The Morgan fingerprint density at radius 2 is 1.92 bits per heavy atom. The second-order valence-electron chi connectivity index (χ2n) is 6.25. The predicted molar refractivity (Wildman–Crippen MR) is 93.6 cm³/mol. The number of hydrogen-bond acceptors (Lipinski definition) is 4. The summed E-state index contributed by atoms with van der Waals surface area (Å²) in [5.74, 6) is -2.02. The van der Waals surface area contributed by atoms with Gasteiger partial charge in [-0.3, -0.25) is 9.52 Å². The van der Waals surface area contributed by atoms with E-state index in [0.29, 0.717) is 6.07 Å². The Bertz CT molecular complexity index is 617. The van der Waals surface area contributed by atoms with Crippen LogP contribution in [0.25, 0.3) is 0 Å². The zero-order chi connectivity index (χ0) is 19.4. The Labute approximate surface area is 157 Å². The molecule has 0 amide bonds. The fourth-order valence-corrected chi connectivity index (χ4v) is 3.10. The summed E-state index contributed by atoms with van der Waals surface area (Å²) >= 11 is 4.18. The van der Waals surface area contributed by atoms with Crippen LogP contribution in [0, 0.1) is 5.82 Å². The van der Waals surface area contributed by atoms with Crippen molar-refractivity contribution in [1.82, 2.24) is 4.72 Å². The Morgan fingerprint density at radius 1 is 1.32 bits per heavy atom. The van der Waals surface area contributed by atoms with Crippen molar-refractivity contribution < 1.29 is 27.1 Å². The van der Waals surface area contributed by atoms with Crippen LogP contribution >= 0.6 is 27.9 Å². The number of halogens is 5. The van der Waals surface area contributed by atoms with Gasteiger partial charge < -0.3 is 4.74 Å². The van der Waals surface area contributed by atoms with Crippen LogP contribution < -0.4 is 4.72 Å². The minimum atomic E-state index is -4.84. The average Bonchev–Trinajstić information content (AvgIpc) is 2.44. The summed E-state index contributed by atoms with van der Waals surface area (Å²) in [4.78, 5) is 11.8. The Kier molecular flexibility index (Phi) is 7.76. The van der Waals surface area contributed by atoms with Crippen LogP contribution in [0.4, 0.5) is 17.6 Å². The fraction of sp³-hybridized carbons (Fsp3) is 0.562. The van der Waals surface area contributed by atoms with E-state index in [1.54, 1.807) is 6.92 Å². The van der Waals surface area contributed by atoms with E-state index in [2.05, 4.69) is 20.7 Å². The van der Waals surface area contributed by atoms with Gasteiger partial charge in [-0.25, -0.2) is 4.39 Å². The third-order valence-electron chi connectivity index (χ3n) is 2.93. The lowest BCUT2D eigenvalue weighted by atomic mass is 10.0. The van der Waals surface area contributed by atoms with Crippen molar-refractivity contribution in [3.05, 3.63) is 33.5 Å². The molecule has 1 aromatic carbocycles. The molecule has 0 aromatic heterocycles. The molecule has 1 atom stereocenters. The van der Waals surface area contributed by atoms with Gasteiger partial charge in [-0.2, -0.15) is 13.2 Å². The molecule has 0 aliphatic rings. The summed E-state index contributed by atoms with van der Waals surface area (Å²) < 4.78 is 61.2. The third kappa shape index (κ3) is 7.15. The van der Waals surface area contributed by atoms with Gasteiger partial charge in [-0.1, -0.05) is 27.9 Å². The van der Waals surface area contributed by atoms with Gasteiger partial charge in [0.1, 0.15) is 5.82 Å². The van der Waals surface area contributed by atoms with Crippen LogP contribution in [0.1, 0.15) is 51.3 Å². The van der Waals surface area contributed by atoms with E-state index >= 15 is 0 Å². The van der Waals surface area contributed by atoms with Crippen LogP contribution in [0.2, 0.25) is 0 Å². The number of alkyl halides is 3. The molecule has 0 heterocycles. The first-order valence-electron chi connectivity index (χ1n) is 7.50. The van der Waals surface area contributed by atoms with E-state index in [-0.39, 0.29) is 27.8 Å². The average molecular weight is 446 g/mol. The summed E-state index contributed by atoms with van der Waals surface area (Å²) in [6, 6.07) is 0.948. The highest BCUT2D eigenvalue weighted by Crippen LogP contribution is 2.38. The van der Waals surface area contributed by atoms with Gasteiger partial charge in [0.05, 0.1) is 24.6 Å². The number of rotatable bonds is 6. The molecule has 1 N–H and O–H groups in total. The van der Waals surface area contributed by atoms with E-state index in [1.165, 1.54) is 18.0 Å². The zero-order valence-electron chi connectivity index (χ0n) is 14.3. The maximum absolute atomic E-state index is 14.5. The largest absolute Gasteiger partial charge is 0.466 e. The molecule has 1 rings (SSSR count). The van der Waals surface area contributed by atoms with Crippen molar-refractivity contribution in [2.45, 2.75) is 51.1 Å². The van der Waals surface area contributed by atoms with E-state index in [0.717, 1.165) is 0 Å². The summed E-state index contributed by atoms with van der Waals surface area (Å²) in [7, 11) is 0. The monoisotopic (exact) mass is 445 g/mol. The molecular weight excluding hydrogens is 426 g/mol. The number of nitrogens with one attached hydrogen (secondary N) is 1. The smallest absolute Gasteiger partial charge is 0.419 e. The van der Waals surface area contributed by atoms with Crippen LogP contribution in [0.3, 0.4) is 0 Å². The SMILES string of the molecule is CCOC(=O)CC(NSC(C)(C)C)c1cc(Br)cc(C(F)(F)F)c1F. The van der Waals surface area contributed by atoms with Gasteiger partial charge in [0, 0.05) is 14.8 Å². The van der Waals surface area contributed by atoms with Gasteiger partial charge in [0.25, 0.3) is 0 Å². The van der Waals surface area contributed by atoms with E-state index in [4.69, 9.17) is 4.74 Å². The Hall–Kier alpha value is -0.800. The van der Waals surface area contributed by atoms with Crippen molar-refractivity contribution in [3.63, 3.8) is 0 Å². The number of hydrogen-bond donors (Lipinski definition) is 1. The summed E-state index contributed by atoms with van der Waals surface area (Å²) in [6.45, 7) is 7.39. The van der Waals surface area contributed by atoms with Crippen molar-refractivity contribution >= 4 is 33.8 Å². The third-order valence-corrected chi connectivity index (χ3v) is 4.40. The molecule has 25 heavy (non-hydrogen) atoms. The Balaban J connectivity index is 3.28. The molecular formula is C16H20BrF4NO2S. The van der Waals surface area contributed by atoms with Crippen molar-refractivity contribution in [3.8, 4) is 0 Å².